The highest BCUT2D eigenvalue weighted by atomic mass is 32.2. The summed E-state index contributed by atoms with van der Waals surface area (Å²) in [6, 6.07) is 0.360. The van der Waals surface area contributed by atoms with Crippen LogP contribution in [0.2, 0.25) is 0 Å². The van der Waals surface area contributed by atoms with E-state index in [2.05, 4.69) is 55.1 Å². The number of aromatic nitrogens is 1. The SMILES string of the molecule is CCCNC(C)c1csc(N2CC(C)SC(C)C2)n1. The Morgan fingerprint density at radius 1 is 1.42 bits per heavy atom. The largest absolute Gasteiger partial charge is 0.346 e. The molecule has 1 fully saturated rings. The van der Waals surface area contributed by atoms with Crippen molar-refractivity contribution in [3.05, 3.63) is 11.1 Å². The zero-order chi connectivity index (χ0) is 13.8. The van der Waals surface area contributed by atoms with Gasteiger partial charge < -0.3 is 10.2 Å². The summed E-state index contributed by atoms with van der Waals surface area (Å²) in [6.07, 6.45) is 1.17. The second-order valence-corrected chi connectivity index (χ2v) is 8.11. The lowest BCUT2D eigenvalue weighted by Gasteiger charge is -2.34. The molecule has 3 atom stereocenters. The molecule has 0 saturated carbocycles. The van der Waals surface area contributed by atoms with Gasteiger partial charge in [0.05, 0.1) is 5.69 Å². The molecule has 0 radical (unpaired) electrons. The molecule has 2 heterocycles. The fourth-order valence-corrected chi connectivity index (χ4v) is 4.68. The van der Waals surface area contributed by atoms with E-state index in [0.29, 0.717) is 16.5 Å². The molecular weight excluding hydrogens is 274 g/mol. The summed E-state index contributed by atoms with van der Waals surface area (Å²) >= 11 is 3.87. The Kier molecular flexibility index (Phi) is 5.54. The zero-order valence-corrected chi connectivity index (χ0v) is 14.0. The number of hydrogen-bond acceptors (Lipinski definition) is 5. The van der Waals surface area contributed by atoms with E-state index in [1.165, 1.54) is 17.2 Å². The third-order valence-corrected chi connectivity index (χ3v) is 5.49. The number of thiazole rings is 1. The highest BCUT2D eigenvalue weighted by molar-refractivity contribution is 8.00. The minimum Gasteiger partial charge on any atom is -0.346 e. The van der Waals surface area contributed by atoms with Crippen LogP contribution >= 0.6 is 23.1 Å². The van der Waals surface area contributed by atoms with Crippen LogP contribution in [0.4, 0.5) is 5.13 Å². The van der Waals surface area contributed by atoms with E-state index in [4.69, 9.17) is 4.98 Å². The second-order valence-electron chi connectivity index (χ2n) is 5.39. The molecule has 19 heavy (non-hydrogen) atoms. The fourth-order valence-electron chi connectivity index (χ4n) is 2.42. The summed E-state index contributed by atoms with van der Waals surface area (Å²) in [5.41, 5.74) is 1.19. The Bertz CT molecular complexity index is 384. The molecule has 1 aliphatic rings. The van der Waals surface area contributed by atoms with Crippen LogP contribution < -0.4 is 10.2 Å². The highest BCUT2D eigenvalue weighted by Crippen LogP contribution is 2.31. The number of thioether (sulfide) groups is 1. The molecular formula is C14H25N3S2. The molecule has 0 spiro atoms. The first-order valence-electron chi connectivity index (χ1n) is 7.19. The Morgan fingerprint density at radius 2 is 2.11 bits per heavy atom. The molecule has 0 aromatic carbocycles. The van der Waals surface area contributed by atoms with E-state index in [1.807, 2.05) is 0 Å². The number of rotatable bonds is 5. The average molecular weight is 300 g/mol. The first-order valence-corrected chi connectivity index (χ1v) is 9.01. The maximum Gasteiger partial charge on any atom is 0.185 e. The molecule has 1 aromatic rings. The van der Waals surface area contributed by atoms with E-state index >= 15 is 0 Å². The van der Waals surface area contributed by atoms with Gasteiger partial charge in [-0.05, 0) is 19.9 Å². The summed E-state index contributed by atoms with van der Waals surface area (Å²) in [5, 5.41) is 8.31. The minimum atomic E-state index is 0.360. The minimum absolute atomic E-state index is 0.360. The summed E-state index contributed by atoms with van der Waals surface area (Å²) in [4.78, 5) is 7.28. The number of nitrogens with one attached hydrogen (secondary N) is 1. The number of anilines is 1. The lowest BCUT2D eigenvalue weighted by molar-refractivity contribution is 0.560. The normalized spacial score (nSPS) is 25.6. The van der Waals surface area contributed by atoms with Crippen molar-refractivity contribution >= 4 is 28.2 Å². The molecule has 108 valence electrons. The van der Waals surface area contributed by atoms with Crippen LogP contribution in [0.1, 0.15) is 45.9 Å². The van der Waals surface area contributed by atoms with Crippen LogP contribution in [0.5, 0.6) is 0 Å². The third kappa shape index (κ3) is 4.10. The molecule has 0 amide bonds. The first-order chi connectivity index (χ1) is 9.10. The molecule has 3 unspecified atom stereocenters. The molecule has 0 bridgehead atoms. The predicted molar refractivity (Wildman–Crippen MR) is 87.6 cm³/mol. The van der Waals surface area contributed by atoms with E-state index in [1.54, 1.807) is 11.3 Å². The summed E-state index contributed by atoms with van der Waals surface area (Å²) in [7, 11) is 0. The number of nitrogens with zero attached hydrogens (tertiary/aromatic N) is 2. The van der Waals surface area contributed by atoms with Crippen molar-refractivity contribution in [1.82, 2.24) is 10.3 Å². The standard InChI is InChI=1S/C14H25N3S2/c1-5-6-15-12(4)13-9-18-14(16-13)17-7-10(2)19-11(3)8-17/h9-12,15H,5-8H2,1-4H3. The summed E-state index contributed by atoms with van der Waals surface area (Å²) in [6.45, 7) is 12.3. The van der Waals surface area contributed by atoms with Gasteiger partial charge in [-0.3, -0.25) is 0 Å². The smallest absolute Gasteiger partial charge is 0.185 e. The highest BCUT2D eigenvalue weighted by Gasteiger charge is 2.24. The average Bonchev–Trinajstić information content (AvgIpc) is 2.84. The molecule has 0 aliphatic carbocycles. The molecule has 1 N–H and O–H groups in total. The third-order valence-electron chi connectivity index (χ3n) is 3.34. The van der Waals surface area contributed by atoms with Crippen molar-refractivity contribution < 1.29 is 0 Å². The Balaban J connectivity index is 1.99. The van der Waals surface area contributed by atoms with Crippen LogP contribution in [0.3, 0.4) is 0 Å². The van der Waals surface area contributed by atoms with Gasteiger partial charge in [0.2, 0.25) is 0 Å². The summed E-state index contributed by atoms with van der Waals surface area (Å²) in [5.74, 6) is 0. The quantitative estimate of drug-likeness (QED) is 0.900. The molecule has 2 rings (SSSR count). The van der Waals surface area contributed by atoms with Crippen molar-refractivity contribution in [3.8, 4) is 0 Å². The van der Waals surface area contributed by atoms with Gasteiger partial charge in [0.25, 0.3) is 0 Å². The Labute approximate surface area is 125 Å². The van der Waals surface area contributed by atoms with Crippen LogP contribution in [-0.4, -0.2) is 35.1 Å². The van der Waals surface area contributed by atoms with Crippen LogP contribution in [-0.2, 0) is 0 Å². The zero-order valence-electron chi connectivity index (χ0n) is 12.3. The maximum absolute atomic E-state index is 4.83. The molecule has 1 aromatic heterocycles. The molecule has 1 aliphatic heterocycles. The molecule has 5 heteroatoms. The number of hydrogen-bond donors (Lipinski definition) is 1. The van der Waals surface area contributed by atoms with E-state index in [0.717, 1.165) is 19.6 Å². The fraction of sp³-hybridized carbons (Fsp3) is 0.786. The van der Waals surface area contributed by atoms with Crippen molar-refractivity contribution in [3.63, 3.8) is 0 Å². The van der Waals surface area contributed by atoms with Gasteiger partial charge in [0, 0.05) is 35.0 Å². The van der Waals surface area contributed by atoms with Crippen molar-refractivity contribution in [2.75, 3.05) is 24.5 Å². The van der Waals surface area contributed by atoms with Gasteiger partial charge in [-0.25, -0.2) is 4.98 Å². The van der Waals surface area contributed by atoms with Crippen molar-refractivity contribution in [2.45, 2.75) is 50.7 Å². The van der Waals surface area contributed by atoms with Gasteiger partial charge in [-0.2, -0.15) is 11.8 Å². The molecule has 3 nitrogen and oxygen atoms in total. The maximum atomic E-state index is 4.83. The van der Waals surface area contributed by atoms with Gasteiger partial charge in [-0.15, -0.1) is 11.3 Å². The Hall–Kier alpha value is -0.260. The van der Waals surface area contributed by atoms with Gasteiger partial charge >= 0.3 is 0 Å². The second kappa shape index (κ2) is 6.95. The van der Waals surface area contributed by atoms with Crippen molar-refractivity contribution in [2.24, 2.45) is 0 Å². The first kappa shape index (κ1) is 15.1. The van der Waals surface area contributed by atoms with Crippen LogP contribution in [0, 0.1) is 0 Å². The Morgan fingerprint density at radius 3 is 2.74 bits per heavy atom. The van der Waals surface area contributed by atoms with Gasteiger partial charge in [0.15, 0.2) is 5.13 Å². The summed E-state index contributed by atoms with van der Waals surface area (Å²) < 4.78 is 0. The topological polar surface area (TPSA) is 28.2 Å². The van der Waals surface area contributed by atoms with Crippen LogP contribution in [0.15, 0.2) is 5.38 Å². The lowest BCUT2D eigenvalue weighted by atomic mass is 10.2. The predicted octanol–water partition coefficient (Wildman–Crippen LogP) is 3.53. The lowest BCUT2D eigenvalue weighted by Crippen LogP contribution is -2.40. The van der Waals surface area contributed by atoms with Crippen molar-refractivity contribution in [1.29, 1.82) is 0 Å². The van der Waals surface area contributed by atoms with Gasteiger partial charge in [0.1, 0.15) is 0 Å². The van der Waals surface area contributed by atoms with Crippen LogP contribution in [0.25, 0.3) is 0 Å². The van der Waals surface area contributed by atoms with E-state index < -0.39 is 0 Å². The van der Waals surface area contributed by atoms with Gasteiger partial charge in [-0.1, -0.05) is 20.8 Å². The van der Waals surface area contributed by atoms with E-state index in [-0.39, 0.29) is 0 Å². The van der Waals surface area contributed by atoms with E-state index in [9.17, 15) is 0 Å². The monoisotopic (exact) mass is 299 g/mol. The molecule has 1 saturated heterocycles.